The van der Waals surface area contributed by atoms with E-state index < -0.39 is 34.6 Å². The summed E-state index contributed by atoms with van der Waals surface area (Å²) in [7, 11) is 0. The molecular formula is C7H4F3N2O. The summed E-state index contributed by atoms with van der Waals surface area (Å²) >= 11 is 0. The maximum absolute atomic E-state index is 12.7. The van der Waals surface area contributed by atoms with Crippen LogP contribution < -0.4 is 5.73 Å². The first kappa shape index (κ1) is 9.37. The van der Waals surface area contributed by atoms with Gasteiger partial charge in [0.1, 0.15) is 5.84 Å². The Labute approximate surface area is 71.1 Å². The van der Waals surface area contributed by atoms with Gasteiger partial charge >= 0.3 is 0 Å². The van der Waals surface area contributed by atoms with Gasteiger partial charge in [0.15, 0.2) is 23.2 Å². The minimum absolute atomic E-state index is 0.957. The Morgan fingerprint density at radius 1 is 1.31 bits per heavy atom. The van der Waals surface area contributed by atoms with Crippen LogP contribution in [0.4, 0.5) is 13.2 Å². The van der Waals surface area contributed by atoms with Gasteiger partial charge in [0.25, 0.3) is 0 Å². The van der Waals surface area contributed by atoms with Crippen LogP contribution in [0.2, 0.25) is 0 Å². The minimum atomic E-state index is -1.62. The monoisotopic (exact) mass is 189 g/mol. The van der Waals surface area contributed by atoms with E-state index in [1.807, 2.05) is 0 Å². The molecule has 3 nitrogen and oxygen atoms in total. The summed E-state index contributed by atoms with van der Waals surface area (Å²) < 4.78 is 37.7. The third kappa shape index (κ3) is 1.42. The molecule has 0 atom stereocenters. The summed E-state index contributed by atoms with van der Waals surface area (Å²) in [6.45, 7) is 0. The highest BCUT2D eigenvalue weighted by molar-refractivity contribution is 5.97. The Bertz CT molecular complexity index is 352. The van der Waals surface area contributed by atoms with Crippen molar-refractivity contribution in [2.75, 3.05) is 0 Å². The van der Waals surface area contributed by atoms with E-state index in [-0.39, 0.29) is 0 Å². The van der Waals surface area contributed by atoms with Gasteiger partial charge in [-0.1, -0.05) is 0 Å². The van der Waals surface area contributed by atoms with Gasteiger partial charge in [0.05, 0.1) is 11.6 Å². The normalized spacial score (nSPS) is 10.1. The van der Waals surface area contributed by atoms with Gasteiger partial charge in [-0.05, 0) is 0 Å². The number of nitrogens with one attached hydrogen (secondary N) is 1. The average molecular weight is 189 g/mol. The molecule has 0 saturated carbocycles. The number of nitrogen functional groups attached to an aromatic ring is 1. The maximum atomic E-state index is 12.7. The number of aromatic hydroxyl groups is 1. The number of amidine groups is 1. The number of benzene rings is 1. The summed E-state index contributed by atoms with van der Waals surface area (Å²) in [6.07, 6.45) is 0. The number of rotatable bonds is 1. The zero-order chi connectivity index (χ0) is 10.2. The molecule has 0 amide bonds. The fourth-order valence-corrected chi connectivity index (χ4v) is 0.780. The highest BCUT2D eigenvalue weighted by Gasteiger charge is 2.20. The fraction of sp³-hybridized carbons (Fsp3) is 0. The van der Waals surface area contributed by atoms with Crippen molar-refractivity contribution in [3.8, 4) is 5.75 Å². The Kier molecular flexibility index (Phi) is 2.14. The molecule has 0 aromatic heterocycles. The lowest BCUT2D eigenvalue weighted by Gasteiger charge is -2.04. The molecular weight excluding hydrogens is 185 g/mol. The molecule has 0 spiro atoms. The number of hydrogen-bond donors (Lipinski definition) is 3. The minimum Gasteiger partial charge on any atom is -0.504 e. The summed E-state index contributed by atoms with van der Waals surface area (Å²) in [4.78, 5) is 0. The van der Waals surface area contributed by atoms with E-state index in [2.05, 4.69) is 0 Å². The number of halogens is 3. The van der Waals surface area contributed by atoms with Crippen LogP contribution in [0.25, 0.3) is 0 Å². The van der Waals surface area contributed by atoms with Gasteiger partial charge in [0.2, 0.25) is 0 Å². The quantitative estimate of drug-likeness (QED) is 0.349. The molecule has 1 rings (SSSR count). The highest BCUT2D eigenvalue weighted by atomic mass is 19.2. The number of nitrogens with two attached hydrogens (primary N) is 1. The summed E-state index contributed by atoms with van der Waals surface area (Å²) in [5, 5.41) is 15.6. The van der Waals surface area contributed by atoms with Crippen molar-refractivity contribution in [1.82, 2.24) is 0 Å². The number of hydrogen-bond acceptors (Lipinski definition) is 2. The van der Waals surface area contributed by atoms with Gasteiger partial charge in [-0.2, -0.15) is 0 Å². The number of phenolic OH excluding ortho intramolecular Hbond substituents is 1. The lowest BCUT2D eigenvalue weighted by atomic mass is 10.1. The maximum Gasteiger partial charge on any atom is 0.176 e. The van der Waals surface area contributed by atoms with Gasteiger partial charge in [-0.3, -0.25) is 5.41 Å². The van der Waals surface area contributed by atoms with E-state index in [9.17, 15) is 13.2 Å². The molecule has 69 valence electrons. The molecule has 13 heavy (non-hydrogen) atoms. The van der Waals surface area contributed by atoms with Crippen molar-refractivity contribution in [3.63, 3.8) is 0 Å². The van der Waals surface area contributed by atoms with Crippen LogP contribution in [0.1, 0.15) is 5.56 Å². The van der Waals surface area contributed by atoms with Crippen molar-refractivity contribution in [2.24, 2.45) is 5.73 Å². The molecule has 0 saturated heterocycles. The molecule has 0 aliphatic heterocycles. The Morgan fingerprint density at radius 3 is 2.31 bits per heavy atom. The molecule has 6 heteroatoms. The van der Waals surface area contributed by atoms with E-state index in [0.29, 0.717) is 0 Å². The predicted octanol–water partition coefficient (Wildman–Crippen LogP) is 0.894. The molecule has 0 fully saturated rings. The molecule has 1 aromatic rings. The zero-order valence-electron chi connectivity index (χ0n) is 6.16. The van der Waals surface area contributed by atoms with E-state index in [1.54, 1.807) is 0 Å². The first-order chi connectivity index (χ1) is 5.95. The summed E-state index contributed by atoms with van der Waals surface area (Å²) in [6, 6.07) is 1.29. The Morgan fingerprint density at radius 2 is 1.85 bits per heavy atom. The van der Waals surface area contributed by atoms with Crippen molar-refractivity contribution in [2.45, 2.75) is 0 Å². The molecule has 1 aromatic carbocycles. The van der Waals surface area contributed by atoms with Gasteiger partial charge in [0, 0.05) is 0 Å². The average Bonchev–Trinajstić information content (AvgIpc) is 2.01. The lowest BCUT2D eigenvalue weighted by molar-refractivity contribution is 0.409. The number of phenols is 1. The zero-order valence-corrected chi connectivity index (χ0v) is 6.16. The third-order valence-corrected chi connectivity index (χ3v) is 1.35. The third-order valence-electron chi connectivity index (χ3n) is 1.35. The van der Waals surface area contributed by atoms with Crippen LogP contribution in [0.5, 0.6) is 5.75 Å². The van der Waals surface area contributed by atoms with Crippen LogP contribution in [0.3, 0.4) is 0 Å². The Balaban J connectivity index is 3.56. The lowest BCUT2D eigenvalue weighted by Crippen LogP contribution is -2.15. The first-order valence-corrected chi connectivity index (χ1v) is 3.08. The predicted molar refractivity (Wildman–Crippen MR) is 37.8 cm³/mol. The van der Waals surface area contributed by atoms with Crippen molar-refractivity contribution in [1.29, 1.82) is 5.41 Å². The molecule has 0 aliphatic rings. The van der Waals surface area contributed by atoms with Crippen LogP contribution in [-0.4, -0.2) is 10.9 Å². The van der Waals surface area contributed by atoms with Gasteiger partial charge in [-0.25, -0.2) is 13.2 Å². The van der Waals surface area contributed by atoms with Crippen molar-refractivity contribution in [3.05, 3.63) is 29.1 Å². The van der Waals surface area contributed by atoms with Crippen molar-refractivity contribution < 1.29 is 18.3 Å². The van der Waals surface area contributed by atoms with E-state index >= 15 is 0 Å². The van der Waals surface area contributed by atoms with Crippen LogP contribution in [0, 0.1) is 28.9 Å². The molecule has 0 bridgehead atoms. The van der Waals surface area contributed by atoms with Gasteiger partial charge in [-0.15, -0.1) is 0 Å². The van der Waals surface area contributed by atoms with E-state index in [1.165, 1.54) is 6.07 Å². The molecule has 4 N–H and O–H groups in total. The first-order valence-electron chi connectivity index (χ1n) is 3.08. The second-order valence-electron chi connectivity index (χ2n) is 2.20. The van der Waals surface area contributed by atoms with Crippen LogP contribution in [-0.2, 0) is 0 Å². The smallest absolute Gasteiger partial charge is 0.176 e. The van der Waals surface area contributed by atoms with E-state index in [0.717, 1.165) is 0 Å². The second kappa shape index (κ2) is 2.96. The van der Waals surface area contributed by atoms with E-state index in [4.69, 9.17) is 16.2 Å². The molecule has 0 unspecified atom stereocenters. The van der Waals surface area contributed by atoms with Gasteiger partial charge < -0.3 is 10.8 Å². The molecule has 0 aliphatic carbocycles. The van der Waals surface area contributed by atoms with Crippen LogP contribution in [0.15, 0.2) is 0 Å². The highest BCUT2D eigenvalue weighted by Crippen LogP contribution is 2.25. The topological polar surface area (TPSA) is 70.1 Å². The largest absolute Gasteiger partial charge is 0.504 e. The SMILES string of the molecule is N=C(N)c1c(O)c(F)[c]c(F)c1F. The Hall–Kier alpha value is -1.72. The van der Waals surface area contributed by atoms with Crippen LogP contribution >= 0.6 is 0 Å². The standard InChI is InChI=1S/C7H4F3N2O/c8-2-1-3(9)6(13)4(5(2)10)7(11)12/h13H,(H3,11,12). The van der Waals surface area contributed by atoms with Crippen molar-refractivity contribution >= 4 is 5.84 Å². The summed E-state index contributed by atoms with van der Waals surface area (Å²) in [5.41, 5.74) is 3.80. The molecule has 0 heterocycles. The summed E-state index contributed by atoms with van der Waals surface area (Å²) in [5.74, 6) is -6.87. The molecule has 1 radical (unpaired) electrons. The fourth-order valence-electron chi connectivity index (χ4n) is 0.780. The second-order valence-corrected chi connectivity index (χ2v) is 2.20.